The fraction of sp³-hybridized carbons (Fsp3) is 0.357. The minimum Gasteiger partial charge on any atom is -0.477 e. The van der Waals surface area contributed by atoms with Gasteiger partial charge in [-0.2, -0.15) is 0 Å². The van der Waals surface area contributed by atoms with Crippen LogP contribution in [0.1, 0.15) is 19.3 Å². The van der Waals surface area contributed by atoms with Crippen molar-refractivity contribution in [3.63, 3.8) is 0 Å². The minimum atomic E-state index is 0.751. The van der Waals surface area contributed by atoms with Crippen molar-refractivity contribution in [1.82, 2.24) is 4.98 Å². The predicted molar refractivity (Wildman–Crippen MR) is 64.6 cm³/mol. The van der Waals surface area contributed by atoms with Crippen molar-refractivity contribution < 1.29 is 4.74 Å². The summed E-state index contributed by atoms with van der Waals surface area (Å²) in [5.74, 6) is 1.53. The molecule has 2 nitrogen and oxygen atoms in total. The van der Waals surface area contributed by atoms with E-state index in [1.54, 1.807) is 0 Å². The van der Waals surface area contributed by atoms with Crippen molar-refractivity contribution >= 4 is 10.8 Å². The van der Waals surface area contributed by atoms with E-state index in [0.717, 1.165) is 23.8 Å². The van der Waals surface area contributed by atoms with Gasteiger partial charge in [0.05, 0.1) is 6.61 Å². The van der Waals surface area contributed by atoms with Gasteiger partial charge >= 0.3 is 0 Å². The van der Waals surface area contributed by atoms with E-state index in [0.29, 0.717) is 0 Å². The summed E-state index contributed by atoms with van der Waals surface area (Å²) in [6, 6.07) is 10.2. The number of hydrogen-bond acceptors (Lipinski definition) is 2. The fourth-order valence-electron chi connectivity index (χ4n) is 2.06. The van der Waals surface area contributed by atoms with Crippen LogP contribution < -0.4 is 4.74 Å². The van der Waals surface area contributed by atoms with Crippen molar-refractivity contribution in [1.29, 1.82) is 0 Å². The van der Waals surface area contributed by atoms with E-state index < -0.39 is 0 Å². The highest BCUT2D eigenvalue weighted by atomic mass is 16.5. The summed E-state index contributed by atoms with van der Waals surface area (Å²) in [6.45, 7) is 0.820. The van der Waals surface area contributed by atoms with Gasteiger partial charge in [0, 0.05) is 11.6 Å². The molecule has 1 heterocycles. The van der Waals surface area contributed by atoms with Crippen LogP contribution in [0.25, 0.3) is 10.8 Å². The van der Waals surface area contributed by atoms with Gasteiger partial charge in [0.15, 0.2) is 0 Å². The van der Waals surface area contributed by atoms with E-state index >= 15 is 0 Å². The van der Waals surface area contributed by atoms with Crippen LogP contribution >= 0.6 is 0 Å². The van der Waals surface area contributed by atoms with Crippen molar-refractivity contribution in [2.75, 3.05) is 6.61 Å². The number of benzene rings is 1. The Morgan fingerprint density at radius 2 is 2.06 bits per heavy atom. The molecular formula is C14H15NO. The molecule has 0 saturated heterocycles. The molecule has 2 heteroatoms. The molecule has 0 bridgehead atoms. The normalized spacial score (nSPS) is 16.0. The molecule has 1 fully saturated rings. The van der Waals surface area contributed by atoms with Crippen LogP contribution in [0.2, 0.25) is 0 Å². The van der Waals surface area contributed by atoms with Gasteiger partial charge in [-0.15, -0.1) is 0 Å². The Labute approximate surface area is 95.3 Å². The average Bonchev–Trinajstić information content (AvgIpc) is 2.27. The first-order valence-electron chi connectivity index (χ1n) is 5.90. The van der Waals surface area contributed by atoms with E-state index in [4.69, 9.17) is 4.74 Å². The monoisotopic (exact) mass is 213 g/mol. The molecule has 0 spiro atoms. The third-order valence-electron chi connectivity index (χ3n) is 3.32. The van der Waals surface area contributed by atoms with E-state index in [1.165, 1.54) is 24.6 Å². The number of pyridine rings is 1. The van der Waals surface area contributed by atoms with Crippen LogP contribution in [-0.2, 0) is 0 Å². The molecule has 3 rings (SSSR count). The molecule has 2 aromatic rings. The fourth-order valence-corrected chi connectivity index (χ4v) is 2.06. The maximum atomic E-state index is 5.81. The van der Waals surface area contributed by atoms with Gasteiger partial charge in [-0.3, -0.25) is 0 Å². The zero-order chi connectivity index (χ0) is 10.8. The molecule has 1 aliphatic carbocycles. The summed E-state index contributed by atoms with van der Waals surface area (Å²) in [4.78, 5) is 4.32. The van der Waals surface area contributed by atoms with E-state index in [-0.39, 0.29) is 0 Å². The number of rotatable bonds is 3. The number of hydrogen-bond donors (Lipinski definition) is 0. The Morgan fingerprint density at radius 3 is 2.88 bits per heavy atom. The molecule has 16 heavy (non-hydrogen) atoms. The molecule has 0 N–H and O–H groups in total. The first-order chi connectivity index (χ1) is 7.93. The zero-order valence-electron chi connectivity index (χ0n) is 9.23. The molecule has 1 aliphatic rings. The molecule has 82 valence electrons. The topological polar surface area (TPSA) is 22.1 Å². The van der Waals surface area contributed by atoms with E-state index in [9.17, 15) is 0 Å². The number of nitrogens with zero attached hydrogens (tertiary/aromatic N) is 1. The van der Waals surface area contributed by atoms with E-state index in [1.807, 2.05) is 24.4 Å². The van der Waals surface area contributed by atoms with Gasteiger partial charge < -0.3 is 4.74 Å². The molecule has 0 atom stereocenters. The van der Waals surface area contributed by atoms with Gasteiger partial charge in [0.2, 0.25) is 5.88 Å². The van der Waals surface area contributed by atoms with Gasteiger partial charge in [0.1, 0.15) is 0 Å². The summed E-state index contributed by atoms with van der Waals surface area (Å²) in [6.07, 6.45) is 5.80. The summed E-state index contributed by atoms with van der Waals surface area (Å²) in [5.41, 5.74) is 0. The highest BCUT2D eigenvalue weighted by Crippen LogP contribution is 2.28. The largest absolute Gasteiger partial charge is 0.477 e. The van der Waals surface area contributed by atoms with Crippen LogP contribution in [0, 0.1) is 5.92 Å². The van der Waals surface area contributed by atoms with Gasteiger partial charge in [-0.05, 0) is 36.3 Å². The molecule has 0 radical (unpaired) electrons. The van der Waals surface area contributed by atoms with Crippen LogP contribution in [0.4, 0.5) is 0 Å². The van der Waals surface area contributed by atoms with Crippen molar-refractivity contribution in [3.8, 4) is 5.88 Å². The average molecular weight is 213 g/mol. The maximum absolute atomic E-state index is 5.81. The molecule has 1 aromatic carbocycles. The van der Waals surface area contributed by atoms with E-state index in [2.05, 4.69) is 17.1 Å². The van der Waals surface area contributed by atoms with Gasteiger partial charge in [-0.1, -0.05) is 24.6 Å². The lowest BCUT2D eigenvalue weighted by atomic mass is 9.86. The Kier molecular flexibility index (Phi) is 2.49. The van der Waals surface area contributed by atoms with Crippen LogP contribution in [0.15, 0.2) is 36.5 Å². The third-order valence-corrected chi connectivity index (χ3v) is 3.32. The lowest BCUT2D eigenvalue weighted by Crippen LogP contribution is -2.19. The first-order valence-corrected chi connectivity index (χ1v) is 5.90. The number of ether oxygens (including phenoxy) is 1. The summed E-state index contributed by atoms with van der Waals surface area (Å²) >= 11 is 0. The van der Waals surface area contributed by atoms with Crippen molar-refractivity contribution in [2.45, 2.75) is 19.3 Å². The van der Waals surface area contributed by atoms with Gasteiger partial charge in [0.25, 0.3) is 0 Å². The molecule has 0 amide bonds. The highest BCUT2D eigenvalue weighted by molar-refractivity contribution is 5.86. The Bertz CT molecular complexity index is 486. The molecule has 1 aromatic heterocycles. The SMILES string of the molecule is c1ccc2c(OCC3CCC3)nccc2c1. The third kappa shape index (κ3) is 1.75. The Morgan fingerprint density at radius 1 is 1.19 bits per heavy atom. The predicted octanol–water partition coefficient (Wildman–Crippen LogP) is 3.41. The van der Waals surface area contributed by atoms with Crippen molar-refractivity contribution in [2.24, 2.45) is 5.92 Å². The summed E-state index contributed by atoms with van der Waals surface area (Å²) in [7, 11) is 0. The Hall–Kier alpha value is -1.57. The van der Waals surface area contributed by atoms with Gasteiger partial charge in [-0.25, -0.2) is 4.98 Å². The molecular weight excluding hydrogens is 198 g/mol. The van der Waals surface area contributed by atoms with Crippen LogP contribution in [0.5, 0.6) is 5.88 Å². The van der Waals surface area contributed by atoms with Crippen molar-refractivity contribution in [3.05, 3.63) is 36.5 Å². The summed E-state index contributed by atoms with van der Waals surface area (Å²) in [5, 5.41) is 2.31. The standard InChI is InChI=1S/C14H15NO/c1-2-7-13-12(6-1)8-9-15-14(13)16-10-11-4-3-5-11/h1-2,6-9,11H,3-5,10H2. The molecule has 0 unspecified atom stereocenters. The zero-order valence-corrected chi connectivity index (χ0v) is 9.23. The smallest absolute Gasteiger partial charge is 0.221 e. The lowest BCUT2D eigenvalue weighted by Gasteiger charge is -2.25. The second kappa shape index (κ2) is 4.12. The minimum absolute atomic E-state index is 0.751. The summed E-state index contributed by atoms with van der Waals surface area (Å²) < 4.78 is 5.81. The molecule has 1 saturated carbocycles. The lowest BCUT2D eigenvalue weighted by molar-refractivity contribution is 0.177. The molecule has 0 aliphatic heterocycles. The Balaban J connectivity index is 1.84. The second-order valence-electron chi connectivity index (χ2n) is 4.45. The number of aromatic nitrogens is 1. The van der Waals surface area contributed by atoms with Crippen LogP contribution in [-0.4, -0.2) is 11.6 Å². The highest BCUT2D eigenvalue weighted by Gasteiger charge is 2.18. The maximum Gasteiger partial charge on any atom is 0.221 e. The van der Waals surface area contributed by atoms with Crippen LogP contribution in [0.3, 0.4) is 0 Å². The first kappa shape index (κ1) is 9.64. The number of fused-ring (bicyclic) bond motifs is 1. The second-order valence-corrected chi connectivity index (χ2v) is 4.45. The quantitative estimate of drug-likeness (QED) is 0.779.